The third-order valence-corrected chi connectivity index (χ3v) is 5.11. The van der Waals surface area contributed by atoms with E-state index in [2.05, 4.69) is 88.2 Å². The maximum atomic E-state index is 3.68. The Morgan fingerprint density at radius 3 is 2.30 bits per heavy atom. The molecule has 0 aliphatic rings. The monoisotopic (exact) mass is 394 g/mol. The Balaban J connectivity index is 2.08. The Kier molecular flexibility index (Phi) is 5.86. The van der Waals surface area contributed by atoms with Gasteiger partial charge in [0, 0.05) is 9.80 Å². The highest BCUT2D eigenvalue weighted by Crippen LogP contribution is 2.21. The summed E-state index contributed by atoms with van der Waals surface area (Å²) in [7, 11) is 0. The normalized spacial score (nSPS) is 12.4. The van der Waals surface area contributed by atoms with Crippen LogP contribution in [0.25, 0.3) is 0 Å². The van der Waals surface area contributed by atoms with Gasteiger partial charge in [-0.3, -0.25) is 0 Å². The fourth-order valence-corrected chi connectivity index (χ4v) is 3.19. The molecule has 0 nitrogen and oxygen atoms in total. The summed E-state index contributed by atoms with van der Waals surface area (Å²) in [6, 6.07) is 15.4. The van der Waals surface area contributed by atoms with Crippen molar-refractivity contribution >= 4 is 31.9 Å². The number of benzene rings is 2. The zero-order chi connectivity index (χ0) is 14.5. The average molecular weight is 396 g/mol. The van der Waals surface area contributed by atoms with Crippen LogP contribution < -0.4 is 0 Å². The molecule has 0 N–H and O–H groups in total. The standard InChI is InChI=1S/C18H20Br2/c1-13-3-4-14(2)17(9-13)11-16(12-19)10-15-5-7-18(20)8-6-15/h3-9,16H,10-12H2,1-2H3. The molecule has 0 amide bonds. The zero-order valence-corrected chi connectivity index (χ0v) is 15.2. The van der Waals surface area contributed by atoms with Gasteiger partial charge in [0.25, 0.3) is 0 Å². The second kappa shape index (κ2) is 7.42. The quantitative estimate of drug-likeness (QED) is 0.556. The Morgan fingerprint density at radius 1 is 0.950 bits per heavy atom. The molecule has 0 radical (unpaired) electrons. The number of rotatable bonds is 5. The first-order valence-electron chi connectivity index (χ1n) is 6.95. The van der Waals surface area contributed by atoms with Crippen LogP contribution in [0, 0.1) is 19.8 Å². The van der Waals surface area contributed by atoms with Gasteiger partial charge < -0.3 is 0 Å². The Morgan fingerprint density at radius 2 is 1.65 bits per heavy atom. The largest absolute Gasteiger partial charge is 0.0925 e. The molecule has 0 spiro atoms. The predicted molar refractivity (Wildman–Crippen MR) is 94.8 cm³/mol. The lowest BCUT2D eigenvalue weighted by Crippen LogP contribution is -2.11. The molecule has 2 aromatic carbocycles. The van der Waals surface area contributed by atoms with Gasteiger partial charge in [-0.25, -0.2) is 0 Å². The van der Waals surface area contributed by atoms with Gasteiger partial charge >= 0.3 is 0 Å². The lowest BCUT2D eigenvalue weighted by Gasteiger charge is -2.16. The van der Waals surface area contributed by atoms with Crippen LogP contribution >= 0.6 is 31.9 Å². The molecule has 2 aromatic rings. The van der Waals surface area contributed by atoms with Crippen LogP contribution in [0.2, 0.25) is 0 Å². The molecule has 0 aromatic heterocycles. The van der Waals surface area contributed by atoms with E-state index in [4.69, 9.17) is 0 Å². The summed E-state index contributed by atoms with van der Waals surface area (Å²) >= 11 is 7.17. The van der Waals surface area contributed by atoms with Crippen molar-refractivity contribution in [1.29, 1.82) is 0 Å². The van der Waals surface area contributed by atoms with Crippen molar-refractivity contribution in [3.63, 3.8) is 0 Å². The minimum Gasteiger partial charge on any atom is -0.0925 e. The van der Waals surface area contributed by atoms with E-state index < -0.39 is 0 Å². The van der Waals surface area contributed by atoms with Crippen LogP contribution in [0.15, 0.2) is 46.9 Å². The topological polar surface area (TPSA) is 0 Å². The highest BCUT2D eigenvalue weighted by Gasteiger charge is 2.11. The van der Waals surface area contributed by atoms with E-state index in [1.807, 2.05) is 0 Å². The van der Waals surface area contributed by atoms with Gasteiger partial charge in [0.05, 0.1) is 0 Å². The smallest absolute Gasteiger partial charge is 0.0175 e. The van der Waals surface area contributed by atoms with Crippen LogP contribution in [-0.2, 0) is 12.8 Å². The van der Waals surface area contributed by atoms with Crippen LogP contribution in [-0.4, -0.2) is 5.33 Å². The summed E-state index contributed by atoms with van der Waals surface area (Å²) in [5, 5.41) is 1.04. The van der Waals surface area contributed by atoms with Crippen molar-refractivity contribution in [2.75, 3.05) is 5.33 Å². The van der Waals surface area contributed by atoms with Gasteiger partial charge in [-0.1, -0.05) is 67.8 Å². The summed E-state index contributed by atoms with van der Waals surface area (Å²) in [5.74, 6) is 0.636. The lowest BCUT2D eigenvalue weighted by molar-refractivity contribution is 0.589. The molecule has 106 valence electrons. The van der Waals surface area contributed by atoms with Crippen molar-refractivity contribution in [1.82, 2.24) is 0 Å². The molecule has 0 aliphatic carbocycles. The zero-order valence-electron chi connectivity index (χ0n) is 12.0. The van der Waals surface area contributed by atoms with Crippen LogP contribution in [0.5, 0.6) is 0 Å². The molecule has 2 rings (SSSR count). The van der Waals surface area contributed by atoms with Crippen molar-refractivity contribution in [3.8, 4) is 0 Å². The van der Waals surface area contributed by atoms with Gasteiger partial charge in [0.15, 0.2) is 0 Å². The summed E-state index contributed by atoms with van der Waals surface area (Å²) in [4.78, 5) is 0. The Bertz CT molecular complexity index is 558. The first kappa shape index (κ1) is 15.8. The predicted octanol–water partition coefficient (Wildman–Crippen LogP) is 5.86. The van der Waals surface area contributed by atoms with E-state index in [0.717, 1.165) is 22.6 Å². The number of hydrogen-bond donors (Lipinski definition) is 0. The maximum Gasteiger partial charge on any atom is 0.0175 e. The summed E-state index contributed by atoms with van der Waals surface area (Å²) < 4.78 is 1.14. The molecule has 0 saturated carbocycles. The summed E-state index contributed by atoms with van der Waals surface area (Å²) in [6.45, 7) is 4.38. The summed E-state index contributed by atoms with van der Waals surface area (Å²) in [5.41, 5.74) is 5.63. The van der Waals surface area contributed by atoms with Crippen LogP contribution in [0.3, 0.4) is 0 Å². The number of aryl methyl sites for hydroxylation is 2. The summed E-state index contributed by atoms with van der Waals surface area (Å²) in [6.07, 6.45) is 2.25. The lowest BCUT2D eigenvalue weighted by atomic mass is 9.91. The van der Waals surface area contributed by atoms with E-state index in [-0.39, 0.29) is 0 Å². The van der Waals surface area contributed by atoms with E-state index >= 15 is 0 Å². The molecule has 2 heteroatoms. The number of halogens is 2. The maximum absolute atomic E-state index is 3.68. The molecule has 1 atom stereocenters. The minimum atomic E-state index is 0.636. The minimum absolute atomic E-state index is 0.636. The SMILES string of the molecule is Cc1ccc(C)c(CC(CBr)Cc2ccc(Br)cc2)c1. The molecule has 0 bridgehead atoms. The first-order chi connectivity index (χ1) is 9.58. The Hall–Kier alpha value is -0.600. The third-order valence-electron chi connectivity index (χ3n) is 3.67. The molecule has 0 heterocycles. The first-order valence-corrected chi connectivity index (χ1v) is 8.86. The molecular weight excluding hydrogens is 376 g/mol. The number of alkyl halides is 1. The second-order valence-electron chi connectivity index (χ2n) is 5.48. The highest BCUT2D eigenvalue weighted by atomic mass is 79.9. The van der Waals surface area contributed by atoms with Gasteiger partial charge in [-0.2, -0.15) is 0 Å². The average Bonchev–Trinajstić information content (AvgIpc) is 2.44. The highest BCUT2D eigenvalue weighted by molar-refractivity contribution is 9.10. The fraction of sp³-hybridized carbons (Fsp3) is 0.333. The van der Waals surface area contributed by atoms with E-state index in [1.54, 1.807) is 0 Å². The Labute approximate surface area is 138 Å². The number of hydrogen-bond acceptors (Lipinski definition) is 0. The van der Waals surface area contributed by atoms with E-state index in [0.29, 0.717) is 5.92 Å². The second-order valence-corrected chi connectivity index (χ2v) is 7.05. The van der Waals surface area contributed by atoms with Crippen LogP contribution in [0.1, 0.15) is 22.3 Å². The van der Waals surface area contributed by atoms with Gasteiger partial charge in [0.1, 0.15) is 0 Å². The molecule has 1 unspecified atom stereocenters. The van der Waals surface area contributed by atoms with Gasteiger partial charge in [-0.05, 0) is 61.4 Å². The molecule has 20 heavy (non-hydrogen) atoms. The van der Waals surface area contributed by atoms with Gasteiger partial charge in [0.2, 0.25) is 0 Å². The third kappa shape index (κ3) is 4.46. The van der Waals surface area contributed by atoms with Crippen molar-refractivity contribution in [2.24, 2.45) is 5.92 Å². The van der Waals surface area contributed by atoms with Crippen molar-refractivity contribution in [2.45, 2.75) is 26.7 Å². The molecule has 0 fully saturated rings. The van der Waals surface area contributed by atoms with Gasteiger partial charge in [-0.15, -0.1) is 0 Å². The molecule has 0 aliphatic heterocycles. The van der Waals surface area contributed by atoms with Crippen LogP contribution in [0.4, 0.5) is 0 Å². The van der Waals surface area contributed by atoms with Crippen molar-refractivity contribution < 1.29 is 0 Å². The molecular formula is C18H20Br2. The van der Waals surface area contributed by atoms with Crippen molar-refractivity contribution in [3.05, 3.63) is 69.2 Å². The fourth-order valence-electron chi connectivity index (χ4n) is 2.47. The van der Waals surface area contributed by atoms with E-state index in [9.17, 15) is 0 Å². The van der Waals surface area contributed by atoms with E-state index in [1.165, 1.54) is 22.3 Å². The molecule has 0 saturated heterocycles.